The number of methoxy groups -OCH3 is 1. The number of hydrogen-bond acceptors (Lipinski definition) is 10. The molecular weight excluding hydrogens is 508 g/mol. The average Bonchev–Trinajstić information content (AvgIpc) is 3.64. The number of rotatable bonds is 7. The molecule has 1 aromatic carbocycles. The van der Waals surface area contributed by atoms with E-state index in [4.69, 9.17) is 14.3 Å². The summed E-state index contributed by atoms with van der Waals surface area (Å²) in [4.78, 5) is 27.4. The zero-order valence-corrected chi connectivity index (χ0v) is 24.5. The molecule has 0 radical (unpaired) electrons. The summed E-state index contributed by atoms with van der Waals surface area (Å²) in [5.41, 5.74) is 12.7. The quantitative estimate of drug-likeness (QED) is 0.261. The third kappa shape index (κ3) is 12.7. The smallest absolute Gasteiger partial charge is 0.182 e. The zero-order valence-electron chi connectivity index (χ0n) is 24.5. The topological polar surface area (TPSA) is 135 Å². The number of aromatic amines is 1. The molecule has 0 saturated heterocycles. The number of hydrazone groups is 1. The van der Waals surface area contributed by atoms with E-state index < -0.39 is 0 Å². The highest BCUT2D eigenvalue weighted by Gasteiger charge is 2.16. The molecule has 2 aromatic rings. The molecule has 0 saturated carbocycles. The van der Waals surface area contributed by atoms with E-state index in [2.05, 4.69) is 100 Å². The first-order valence-electron chi connectivity index (χ1n) is 13.2. The molecule has 0 spiro atoms. The van der Waals surface area contributed by atoms with Crippen LogP contribution in [0.2, 0.25) is 0 Å². The Morgan fingerprint density at radius 1 is 1.07 bits per heavy atom. The van der Waals surface area contributed by atoms with Crippen LogP contribution in [0.15, 0.2) is 65.0 Å². The molecule has 2 aliphatic rings. The number of fused-ring (bicyclic) bond motifs is 1. The van der Waals surface area contributed by atoms with Gasteiger partial charge in [0, 0.05) is 42.0 Å². The van der Waals surface area contributed by atoms with Gasteiger partial charge in [-0.15, -0.1) is 10.6 Å². The second kappa shape index (κ2) is 20.8. The molecule has 4 rings (SSSR count). The fourth-order valence-corrected chi connectivity index (χ4v) is 3.58. The van der Waals surface area contributed by atoms with E-state index in [1.807, 2.05) is 31.5 Å². The molecule has 0 aliphatic carbocycles. The van der Waals surface area contributed by atoms with Crippen LogP contribution in [0.1, 0.15) is 37.8 Å². The van der Waals surface area contributed by atoms with Crippen LogP contribution in [0.3, 0.4) is 0 Å². The van der Waals surface area contributed by atoms with Gasteiger partial charge < -0.3 is 19.9 Å². The Kier molecular flexibility index (Phi) is 17.7. The third-order valence-electron chi connectivity index (χ3n) is 5.30. The van der Waals surface area contributed by atoms with Gasteiger partial charge in [-0.2, -0.15) is 0 Å². The Labute approximate surface area is 237 Å². The normalized spacial score (nSPS) is 16.1. The molecule has 0 bridgehead atoms. The Morgan fingerprint density at radius 3 is 2.38 bits per heavy atom. The number of hydrazine groups is 2. The highest BCUT2D eigenvalue weighted by Crippen LogP contribution is 2.30. The maximum absolute atomic E-state index is 8.81. The summed E-state index contributed by atoms with van der Waals surface area (Å²) in [6, 6.07) is 3.92. The first kappa shape index (κ1) is 34.0. The molecule has 0 unspecified atom stereocenters. The van der Waals surface area contributed by atoms with Crippen molar-refractivity contribution in [2.24, 2.45) is 10.1 Å². The predicted molar refractivity (Wildman–Crippen MR) is 165 cm³/mol. The lowest BCUT2D eigenvalue weighted by atomic mass is 10.1. The molecule has 0 amide bonds. The van der Waals surface area contributed by atoms with Gasteiger partial charge in [0.15, 0.2) is 18.4 Å². The number of carbonyl (C=O) groups excluding carboxylic acids is 2. The van der Waals surface area contributed by atoms with Crippen molar-refractivity contribution in [3.8, 4) is 5.75 Å². The summed E-state index contributed by atoms with van der Waals surface area (Å²) in [7, 11) is 5.80. The number of hydrogen-bond donors (Lipinski definition) is 5. The van der Waals surface area contributed by atoms with Crippen LogP contribution in [-0.4, -0.2) is 74.8 Å². The summed E-state index contributed by atoms with van der Waals surface area (Å²) >= 11 is 0. The van der Waals surface area contributed by atoms with Gasteiger partial charge in [0.25, 0.3) is 0 Å². The lowest BCUT2D eigenvalue weighted by Crippen LogP contribution is -2.35. The third-order valence-corrected chi connectivity index (χ3v) is 5.30. The maximum Gasteiger partial charge on any atom is 0.182 e. The average molecular weight is 553 g/mol. The van der Waals surface area contributed by atoms with Gasteiger partial charge in [0.2, 0.25) is 0 Å². The van der Waals surface area contributed by atoms with Gasteiger partial charge in [-0.1, -0.05) is 44.2 Å². The van der Waals surface area contributed by atoms with E-state index in [-0.39, 0.29) is 12.6 Å². The highest BCUT2D eigenvalue weighted by molar-refractivity contribution is 6.10. The summed E-state index contributed by atoms with van der Waals surface area (Å²) < 4.78 is 5.37. The van der Waals surface area contributed by atoms with Gasteiger partial charge in [0.05, 0.1) is 12.6 Å². The standard InChI is InChI=1S/C12H18N2.C11H13N5O.C4H11N.C2H2O2/c1-14(2)11-12-9-7-5-3-4-6-8-10-13-12;1-6-5-12-10-7(11-13-15-16-14-11)3-4-8(17-2)9(6)10;1-3-5-4-2;3-1-2-4/h3-5,7-8,10H,6,9,11H2,1-2H3;3-5,12,15-16H,1-2H3,(H,13,14);5H,3-4H2,1-2H3;1-2H/b4-3-,7-5-,10-8-,13-12?;;;. The monoisotopic (exact) mass is 552 g/mol. The molecule has 3 heterocycles. The molecule has 218 valence electrons. The number of aliphatic imine (C=N–C) groups is 1. The fourth-order valence-electron chi connectivity index (χ4n) is 3.58. The molecule has 0 atom stereocenters. The van der Waals surface area contributed by atoms with E-state index in [0.717, 1.165) is 66.1 Å². The first-order valence-corrected chi connectivity index (χ1v) is 13.2. The first-order chi connectivity index (χ1) is 19.4. The second-order valence-corrected chi connectivity index (χ2v) is 8.70. The number of H-pyrrole nitrogens is 1. The minimum absolute atomic E-state index is 0.194. The zero-order chi connectivity index (χ0) is 29.6. The Hall–Kier alpha value is -4.06. The van der Waals surface area contributed by atoms with Crippen molar-refractivity contribution < 1.29 is 14.3 Å². The van der Waals surface area contributed by atoms with Crippen LogP contribution < -0.4 is 26.5 Å². The molecule has 0 fully saturated rings. The van der Waals surface area contributed by atoms with Gasteiger partial charge in [-0.05, 0) is 58.2 Å². The lowest BCUT2D eigenvalue weighted by Gasteiger charge is -2.10. The van der Waals surface area contributed by atoms with Crippen LogP contribution in [0.25, 0.3) is 10.9 Å². The van der Waals surface area contributed by atoms with Crippen molar-refractivity contribution in [3.63, 3.8) is 0 Å². The molecule has 5 N–H and O–H groups in total. The molecule has 40 heavy (non-hydrogen) atoms. The maximum atomic E-state index is 8.81. The number of ether oxygens (including phenoxy) is 1. The Bertz CT molecular complexity index is 1170. The largest absolute Gasteiger partial charge is 0.496 e. The number of aldehydes is 2. The minimum atomic E-state index is 0.194. The SMILES string of the molecule is CCNCC.CN(C)CC1=N/C=C\C/C=C\C=C/C1.COc1ccc(C2=NNNN2)c2[nH]cc(C)c12.O=CC=O. The van der Waals surface area contributed by atoms with Crippen LogP contribution in [0, 0.1) is 6.92 Å². The molecule has 11 heteroatoms. The minimum Gasteiger partial charge on any atom is -0.496 e. The number of aryl methyl sites for hydroxylation is 1. The van der Waals surface area contributed by atoms with Crippen molar-refractivity contribution in [2.45, 2.75) is 33.6 Å². The summed E-state index contributed by atoms with van der Waals surface area (Å²) in [6.07, 6.45) is 16.7. The molecule has 11 nitrogen and oxygen atoms in total. The predicted octanol–water partition coefficient (Wildman–Crippen LogP) is 3.17. The van der Waals surface area contributed by atoms with Crippen molar-refractivity contribution >= 4 is 35.0 Å². The van der Waals surface area contributed by atoms with Crippen LogP contribution in [-0.2, 0) is 9.59 Å². The Balaban J connectivity index is 0.000000312. The summed E-state index contributed by atoms with van der Waals surface area (Å²) in [5, 5.41) is 8.30. The van der Waals surface area contributed by atoms with Crippen molar-refractivity contribution in [1.82, 2.24) is 31.7 Å². The van der Waals surface area contributed by atoms with E-state index in [1.165, 1.54) is 5.71 Å². The number of nitrogens with one attached hydrogen (secondary N) is 5. The van der Waals surface area contributed by atoms with E-state index >= 15 is 0 Å². The van der Waals surface area contributed by atoms with E-state index in [1.54, 1.807) is 7.11 Å². The highest BCUT2D eigenvalue weighted by atomic mass is 16.5. The molecular formula is C29H44N8O3. The lowest BCUT2D eigenvalue weighted by molar-refractivity contribution is -0.122. The Morgan fingerprint density at radius 2 is 1.80 bits per heavy atom. The van der Waals surface area contributed by atoms with Gasteiger partial charge in [-0.25, -0.2) is 5.53 Å². The number of benzene rings is 1. The summed E-state index contributed by atoms with van der Waals surface area (Å²) in [6.45, 7) is 9.36. The van der Waals surface area contributed by atoms with Crippen LogP contribution >= 0.6 is 0 Å². The number of amidine groups is 1. The second-order valence-electron chi connectivity index (χ2n) is 8.70. The van der Waals surface area contributed by atoms with Crippen molar-refractivity contribution in [1.29, 1.82) is 0 Å². The summed E-state index contributed by atoms with van der Waals surface area (Å²) in [5.74, 6) is 1.61. The van der Waals surface area contributed by atoms with Gasteiger partial charge >= 0.3 is 0 Å². The van der Waals surface area contributed by atoms with Crippen LogP contribution in [0.4, 0.5) is 0 Å². The van der Waals surface area contributed by atoms with Gasteiger partial charge in [0.1, 0.15) is 5.75 Å². The van der Waals surface area contributed by atoms with Crippen LogP contribution in [0.5, 0.6) is 5.75 Å². The molecule has 2 aliphatic heterocycles. The number of nitrogens with zero attached hydrogens (tertiary/aromatic N) is 3. The van der Waals surface area contributed by atoms with Gasteiger partial charge in [-0.3, -0.25) is 20.0 Å². The molecule has 1 aromatic heterocycles. The number of aromatic nitrogens is 1. The van der Waals surface area contributed by atoms with E-state index in [9.17, 15) is 0 Å². The fraction of sp³-hybridized carbons (Fsp3) is 0.379. The van der Waals surface area contributed by atoms with E-state index in [0.29, 0.717) is 0 Å². The van der Waals surface area contributed by atoms with Crippen molar-refractivity contribution in [2.75, 3.05) is 40.8 Å². The number of carbonyl (C=O) groups is 2. The number of allylic oxidation sites excluding steroid dienone is 5. The van der Waals surface area contributed by atoms with Crippen molar-refractivity contribution in [3.05, 3.63) is 66.0 Å².